The molecule has 108 valence electrons. The van der Waals surface area contributed by atoms with Crippen LogP contribution >= 0.6 is 0 Å². The summed E-state index contributed by atoms with van der Waals surface area (Å²) < 4.78 is 32.3. The molecule has 0 amide bonds. The monoisotopic (exact) mass is 303 g/mol. The standard InChI is InChI=1S/C14H13N3O3S/c15-12-3-4-13(14-11(12)2-1-6-16-14)21(18,19)17-8-10-5-7-20-9-10/h1-7,9,17H,8,15H2. The van der Waals surface area contributed by atoms with E-state index in [1.807, 2.05) is 0 Å². The highest BCUT2D eigenvalue weighted by atomic mass is 32.2. The third-order valence-corrected chi connectivity index (χ3v) is 4.54. The van der Waals surface area contributed by atoms with Gasteiger partial charge in [-0.15, -0.1) is 0 Å². The summed E-state index contributed by atoms with van der Waals surface area (Å²) in [6, 6.07) is 8.18. The minimum atomic E-state index is -3.69. The highest BCUT2D eigenvalue weighted by Gasteiger charge is 2.19. The van der Waals surface area contributed by atoms with Crippen LogP contribution < -0.4 is 10.5 Å². The van der Waals surface area contributed by atoms with E-state index in [1.54, 1.807) is 24.3 Å². The van der Waals surface area contributed by atoms with E-state index in [-0.39, 0.29) is 11.4 Å². The second-order valence-electron chi connectivity index (χ2n) is 4.51. The third-order valence-electron chi connectivity index (χ3n) is 3.10. The predicted molar refractivity (Wildman–Crippen MR) is 78.9 cm³/mol. The highest BCUT2D eigenvalue weighted by Crippen LogP contribution is 2.25. The summed E-state index contributed by atoms with van der Waals surface area (Å²) in [5, 5.41) is 0.615. The first-order chi connectivity index (χ1) is 10.1. The van der Waals surface area contributed by atoms with Crippen LogP contribution in [0, 0.1) is 0 Å². The lowest BCUT2D eigenvalue weighted by Crippen LogP contribution is -2.23. The number of hydrogen-bond acceptors (Lipinski definition) is 5. The average molecular weight is 303 g/mol. The van der Waals surface area contributed by atoms with Crippen molar-refractivity contribution in [2.45, 2.75) is 11.4 Å². The lowest BCUT2D eigenvalue weighted by atomic mass is 10.2. The molecule has 2 aromatic heterocycles. The van der Waals surface area contributed by atoms with E-state index in [2.05, 4.69) is 9.71 Å². The molecule has 6 nitrogen and oxygen atoms in total. The molecular formula is C14H13N3O3S. The Bertz CT molecular complexity index is 874. The maximum Gasteiger partial charge on any atom is 0.243 e. The van der Waals surface area contributed by atoms with Crippen LogP contribution in [-0.2, 0) is 16.6 Å². The summed E-state index contributed by atoms with van der Waals surface area (Å²) in [5.41, 5.74) is 7.44. The van der Waals surface area contributed by atoms with Gasteiger partial charge in [0.25, 0.3) is 0 Å². The Labute approximate surface area is 121 Å². The number of nitrogens with one attached hydrogen (secondary N) is 1. The van der Waals surface area contributed by atoms with Crippen molar-refractivity contribution in [3.8, 4) is 0 Å². The number of furan rings is 1. The van der Waals surface area contributed by atoms with Crippen molar-refractivity contribution in [3.63, 3.8) is 0 Å². The molecule has 0 saturated heterocycles. The lowest BCUT2D eigenvalue weighted by molar-refractivity contribution is 0.561. The van der Waals surface area contributed by atoms with Gasteiger partial charge in [0.05, 0.1) is 18.0 Å². The van der Waals surface area contributed by atoms with Crippen molar-refractivity contribution in [2.75, 3.05) is 5.73 Å². The summed E-state index contributed by atoms with van der Waals surface area (Å²) >= 11 is 0. The molecule has 3 rings (SSSR count). The number of anilines is 1. The molecule has 2 heterocycles. The highest BCUT2D eigenvalue weighted by molar-refractivity contribution is 7.89. The van der Waals surface area contributed by atoms with E-state index in [1.165, 1.54) is 24.8 Å². The quantitative estimate of drug-likeness (QED) is 0.717. The summed E-state index contributed by atoms with van der Waals surface area (Å²) in [4.78, 5) is 4.24. The molecule has 21 heavy (non-hydrogen) atoms. The molecule has 0 fully saturated rings. The van der Waals surface area contributed by atoms with Crippen LogP contribution in [0.4, 0.5) is 5.69 Å². The van der Waals surface area contributed by atoms with Crippen LogP contribution in [0.5, 0.6) is 0 Å². The van der Waals surface area contributed by atoms with Crippen LogP contribution in [0.2, 0.25) is 0 Å². The van der Waals surface area contributed by atoms with E-state index >= 15 is 0 Å². The third kappa shape index (κ3) is 2.61. The number of nitrogens with zero attached hydrogens (tertiary/aromatic N) is 1. The molecule has 0 bridgehead atoms. The number of fused-ring (bicyclic) bond motifs is 1. The molecule has 0 saturated carbocycles. The molecule has 0 unspecified atom stereocenters. The van der Waals surface area contributed by atoms with Gasteiger partial charge in [0.2, 0.25) is 10.0 Å². The molecule has 0 aliphatic heterocycles. The number of pyridine rings is 1. The fourth-order valence-electron chi connectivity index (χ4n) is 2.03. The molecule has 0 spiro atoms. The zero-order valence-electron chi connectivity index (χ0n) is 11.0. The van der Waals surface area contributed by atoms with Crippen LogP contribution in [-0.4, -0.2) is 13.4 Å². The van der Waals surface area contributed by atoms with E-state index in [0.29, 0.717) is 16.6 Å². The van der Waals surface area contributed by atoms with Gasteiger partial charge in [0.1, 0.15) is 4.90 Å². The van der Waals surface area contributed by atoms with Crippen molar-refractivity contribution in [1.29, 1.82) is 0 Å². The van der Waals surface area contributed by atoms with Crippen molar-refractivity contribution < 1.29 is 12.8 Å². The number of sulfonamides is 1. The Morgan fingerprint density at radius 1 is 1.24 bits per heavy atom. The molecular weight excluding hydrogens is 290 g/mol. The zero-order chi connectivity index (χ0) is 14.9. The molecule has 3 N–H and O–H groups in total. The summed E-state index contributed by atoms with van der Waals surface area (Å²) in [7, 11) is -3.69. The largest absolute Gasteiger partial charge is 0.472 e. The van der Waals surface area contributed by atoms with Crippen molar-refractivity contribution in [3.05, 3.63) is 54.6 Å². The second-order valence-corrected chi connectivity index (χ2v) is 6.24. The number of nitrogens with two attached hydrogens (primary N) is 1. The molecule has 0 atom stereocenters. The van der Waals surface area contributed by atoms with Crippen molar-refractivity contribution in [2.24, 2.45) is 0 Å². The SMILES string of the molecule is Nc1ccc(S(=O)(=O)NCc2ccoc2)c2ncccc12. The van der Waals surface area contributed by atoms with Gasteiger partial charge in [-0.25, -0.2) is 13.1 Å². The van der Waals surface area contributed by atoms with Gasteiger partial charge in [-0.3, -0.25) is 4.98 Å². The molecule has 0 aliphatic carbocycles. The fraction of sp³-hybridized carbons (Fsp3) is 0.0714. The number of aromatic nitrogens is 1. The summed E-state index contributed by atoms with van der Waals surface area (Å²) in [6.07, 6.45) is 4.52. The van der Waals surface area contributed by atoms with Crippen LogP contribution in [0.3, 0.4) is 0 Å². The summed E-state index contributed by atoms with van der Waals surface area (Å²) in [5.74, 6) is 0. The normalized spacial score (nSPS) is 11.8. The Balaban J connectivity index is 2.01. The first kappa shape index (κ1) is 13.6. The minimum Gasteiger partial charge on any atom is -0.472 e. The Hall–Kier alpha value is -2.38. The van der Waals surface area contributed by atoms with E-state index < -0.39 is 10.0 Å². The van der Waals surface area contributed by atoms with Crippen LogP contribution in [0.15, 0.2) is 58.4 Å². The van der Waals surface area contributed by atoms with E-state index in [4.69, 9.17) is 10.2 Å². The first-order valence-corrected chi connectivity index (χ1v) is 7.70. The minimum absolute atomic E-state index is 0.107. The lowest BCUT2D eigenvalue weighted by Gasteiger charge is -2.09. The Kier molecular flexibility index (Phi) is 3.36. The summed E-state index contributed by atoms with van der Waals surface area (Å²) in [6.45, 7) is 0.150. The van der Waals surface area contributed by atoms with E-state index in [9.17, 15) is 8.42 Å². The average Bonchev–Trinajstić information content (AvgIpc) is 2.99. The van der Waals surface area contributed by atoms with Gasteiger partial charge in [-0.2, -0.15) is 0 Å². The topological polar surface area (TPSA) is 98.2 Å². The molecule has 0 radical (unpaired) electrons. The predicted octanol–water partition coefficient (Wildman–Crippen LogP) is 1.89. The van der Waals surface area contributed by atoms with Gasteiger partial charge in [0.15, 0.2) is 0 Å². The zero-order valence-corrected chi connectivity index (χ0v) is 11.8. The molecule has 7 heteroatoms. The first-order valence-electron chi connectivity index (χ1n) is 6.22. The number of rotatable bonds is 4. The fourth-order valence-corrected chi connectivity index (χ4v) is 3.21. The van der Waals surface area contributed by atoms with Crippen LogP contribution in [0.1, 0.15) is 5.56 Å². The van der Waals surface area contributed by atoms with Gasteiger partial charge in [0, 0.05) is 29.4 Å². The Morgan fingerprint density at radius 3 is 2.86 bits per heavy atom. The smallest absolute Gasteiger partial charge is 0.243 e. The van der Waals surface area contributed by atoms with Crippen molar-refractivity contribution in [1.82, 2.24) is 9.71 Å². The van der Waals surface area contributed by atoms with E-state index in [0.717, 1.165) is 5.56 Å². The molecule has 0 aliphatic rings. The Morgan fingerprint density at radius 2 is 2.10 bits per heavy atom. The van der Waals surface area contributed by atoms with Crippen molar-refractivity contribution >= 4 is 26.6 Å². The van der Waals surface area contributed by atoms with Gasteiger partial charge >= 0.3 is 0 Å². The second kappa shape index (κ2) is 5.19. The number of benzene rings is 1. The number of nitrogen functional groups attached to an aromatic ring is 1. The maximum absolute atomic E-state index is 12.4. The van der Waals surface area contributed by atoms with Crippen LogP contribution in [0.25, 0.3) is 10.9 Å². The maximum atomic E-state index is 12.4. The number of hydrogen-bond donors (Lipinski definition) is 2. The molecule has 1 aromatic carbocycles. The van der Waals surface area contributed by atoms with Gasteiger partial charge in [-0.1, -0.05) is 0 Å². The molecule has 3 aromatic rings. The van der Waals surface area contributed by atoms with Gasteiger partial charge < -0.3 is 10.2 Å². The van der Waals surface area contributed by atoms with Gasteiger partial charge in [-0.05, 0) is 30.3 Å².